The molecule has 160 valence electrons. The number of carbonyl (C=O) groups excluding carboxylic acids is 1. The Balaban J connectivity index is 1.64. The third-order valence-corrected chi connectivity index (χ3v) is 7.94. The summed E-state index contributed by atoms with van der Waals surface area (Å²) in [6.07, 6.45) is 3.78. The Bertz CT molecular complexity index is 789. The van der Waals surface area contributed by atoms with Crippen LogP contribution in [0.1, 0.15) is 65.0 Å². The number of benzene rings is 1. The smallest absolute Gasteiger partial charge is 0.220 e. The first-order valence-electron chi connectivity index (χ1n) is 11.0. The molecule has 2 N–H and O–H groups in total. The van der Waals surface area contributed by atoms with Crippen molar-refractivity contribution in [1.82, 2.24) is 5.32 Å². The van der Waals surface area contributed by atoms with Crippen LogP contribution in [-0.4, -0.2) is 30.8 Å². The maximum absolute atomic E-state index is 12.7. The zero-order chi connectivity index (χ0) is 21.0. The van der Waals surface area contributed by atoms with E-state index in [1.165, 1.54) is 0 Å². The number of amides is 1. The standard InChI is InChI=1S/C24H35NO4/c1-14(2)10-20(27)25-22-23(3,4)16-12-17-21(29-9-8-24(17,22)13-16)15-6-7-19(28-5)18(26)11-15/h6-7,11,14,16-17,21-22,26H,8-10,12-13H2,1-5H3,(H,25,27)/t16-,17-,21-,22+,24-/m1/s1. The predicted molar refractivity (Wildman–Crippen MR) is 112 cm³/mol. The molecule has 0 radical (unpaired) electrons. The fourth-order valence-corrected chi connectivity index (χ4v) is 6.59. The zero-order valence-corrected chi connectivity index (χ0v) is 18.3. The molecule has 29 heavy (non-hydrogen) atoms. The van der Waals surface area contributed by atoms with Crippen LogP contribution in [0.25, 0.3) is 0 Å². The lowest BCUT2D eigenvalue weighted by molar-refractivity contribution is -0.137. The summed E-state index contributed by atoms with van der Waals surface area (Å²) in [6.45, 7) is 9.52. The molecule has 1 aromatic rings. The Hall–Kier alpha value is -1.75. The summed E-state index contributed by atoms with van der Waals surface area (Å²) in [6, 6.07) is 5.77. The van der Waals surface area contributed by atoms with Gasteiger partial charge >= 0.3 is 0 Å². The predicted octanol–water partition coefficient (Wildman–Crippen LogP) is 4.45. The van der Waals surface area contributed by atoms with E-state index in [9.17, 15) is 9.90 Å². The molecule has 2 bridgehead atoms. The summed E-state index contributed by atoms with van der Waals surface area (Å²) in [5, 5.41) is 13.8. The molecule has 3 aliphatic rings. The van der Waals surface area contributed by atoms with Gasteiger partial charge in [0.25, 0.3) is 0 Å². The van der Waals surface area contributed by atoms with Crippen molar-refractivity contribution in [3.63, 3.8) is 0 Å². The zero-order valence-electron chi connectivity index (χ0n) is 18.3. The number of phenolic OH excluding ortho intramolecular Hbond substituents is 1. The van der Waals surface area contributed by atoms with E-state index in [4.69, 9.17) is 9.47 Å². The van der Waals surface area contributed by atoms with Crippen molar-refractivity contribution >= 4 is 5.91 Å². The summed E-state index contributed by atoms with van der Waals surface area (Å²) in [7, 11) is 1.56. The number of nitrogens with one attached hydrogen (secondary N) is 1. The van der Waals surface area contributed by atoms with Crippen LogP contribution >= 0.6 is 0 Å². The van der Waals surface area contributed by atoms with E-state index in [0.29, 0.717) is 36.5 Å². The lowest BCUT2D eigenvalue weighted by Gasteiger charge is -2.53. The Labute approximate surface area is 174 Å². The molecular formula is C24H35NO4. The number of hydrogen-bond acceptors (Lipinski definition) is 4. The Morgan fingerprint density at radius 3 is 2.79 bits per heavy atom. The molecule has 1 aromatic carbocycles. The lowest BCUT2D eigenvalue weighted by Crippen LogP contribution is -2.59. The van der Waals surface area contributed by atoms with Crippen molar-refractivity contribution in [3.05, 3.63) is 23.8 Å². The van der Waals surface area contributed by atoms with Crippen molar-refractivity contribution in [2.24, 2.45) is 28.6 Å². The van der Waals surface area contributed by atoms with Gasteiger partial charge < -0.3 is 19.9 Å². The van der Waals surface area contributed by atoms with Gasteiger partial charge in [-0.3, -0.25) is 4.79 Å². The van der Waals surface area contributed by atoms with Gasteiger partial charge in [-0.2, -0.15) is 0 Å². The Morgan fingerprint density at radius 1 is 1.38 bits per heavy atom. The molecule has 1 amide bonds. The van der Waals surface area contributed by atoms with E-state index in [-0.39, 0.29) is 34.6 Å². The average molecular weight is 402 g/mol. The fraction of sp³-hybridized carbons (Fsp3) is 0.708. The third kappa shape index (κ3) is 3.22. The number of rotatable bonds is 5. The first-order chi connectivity index (χ1) is 13.7. The molecule has 1 spiro atoms. The van der Waals surface area contributed by atoms with Gasteiger partial charge in [-0.1, -0.05) is 33.8 Å². The van der Waals surface area contributed by atoms with Gasteiger partial charge in [0.1, 0.15) is 0 Å². The Kier molecular flexibility index (Phi) is 5.09. The van der Waals surface area contributed by atoms with E-state index in [2.05, 4.69) is 33.0 Å². The molecule has 5 atom stereocenters. The number of phenols is 1. The molecule has 1 heterocycles. The first-order valence-corrected chi connectivity index (χ1v) is 11.0. The van der Waals surface area contributed by atoms with Crippen LogP contribution in [0.4, 0.5) is 0 Å². The van der Waals surface area contributed by atoms with E-state index in [0.717, 1.165) is 24.8 Å². The van der Waals surface area contributed by atoms with Crippen LogP contribution in [0.5, 0.6) is 11.5 Å². The molecular weight excluding hydrogens is 366 g/mol. The molecule has 1 aliphatic heterocycles. The molecule has 5 heteroatoms. The topological polar surface area (TPSA) is 67.8 Å². The highest BCUT2D eigenvalue weighted by atomic mass is 16.5. The number of methoxy groups -OCH3 is 1. The second kappa shape index (κ2) is 7.19. The van der Waals surface area contributed by atoms with Crippen molar-refractivity contribution in [1.29, 1.82) is 0 Å². The van der Waals surface area contributed by atoms with E-state index < -0.39 is 0 Å². The lowest BCUT2D eigenvalue weighted by atomic mass is 9.58. The summed E-state index contributed by atoms with van der Waals surface area (Å²) in [5.74, 6) is 2.09. The van der Waals surface area contributed by atoms with Crippen molar-refractivity contribution in [2.75, 3.05) is 13.7 Å². The van der Waals surface area contributed by atoms with Crippen molar-refractivity contribution in [3.8, 4) is 11.5 Å². The van der Waals surface area contributed by atoms with E-state index in [1.54, 1.807) is 13.2 Å². The van der Waals surface area contributed by atoms with Crippen molar-refractivity contribution in [2.45, 2.75) is 65.5 Å². The molecule has 3 fully saturated rings. The minimum absolute atomic E-state index is 0.0499. The Morgan fingerprint density at radius 2 is 2.14 bits per heavy atom. The van der Waals surface area contributed by atoms with Gasteiger partial charge in [0.15, 0.2) is 11.5 Å². The highest BCUT2D eigenvalue weighted by molar-refractivity contribution is 5.76. The highest BCUT2D eigenvalue weighted by Gasteiger charge is 2.68. The van der Waals surface area contributed by atoms with Gasteiger partial charge in [0.2, 0.25) is 5.91 Å². The number of hydrogen-bond donors (Lipinski definition) is 2. The molecule has 4 rings (SSSR count). The van der Waals surface area contributed by atoms with Gasteiger partial charge in [-0.25, -0.2) is 0 Å². The molecule has 2 saturated carbocycles. The van der Waals surface area contributed by atoms with Gasteiger partial charge in [-0.15, -0.1) is 0 Å². The summed E-state index contributed by atoms with van der Waals surface area (Å²) in [5.41, 5.74) is 1.16. The minimum Gasteiger partial charge on any atom is -0.504 e. The van der Waals surface area contributed by atoms with E-state index >= 15 is 0 Å². The second-order valence-electron chi connectivity index (χ2n) is 10.4. The van der Waals surface area contributed by atoms with Gasteiger partial charge in [-0.05, 0) is 65.5 Å². The average Bonchev–Trinajstić information content (AvgIpc) is 3.13. The summed E-state index contributed by atoms with van der Waals surface area (Å²) < 4.78 is 11.5. The molecule has 1 saturated heterocycles. The molecule has 0 unspecified atom stereocenters. The SMILES string of the molecule is COc1ccc([C@H]2OCC[C@@]34C[C@@H](C[C@H]23)C(C)(C)[C@@H]4NC(=O)CC(C)C)cc1O. The maximum atomic E-state index is 12.7. The minimum atomic E-state index is -0.0499. The molecule has 2 aliphatic carbocycles. The second-order valence-corrected chi connectivity index (χ2v) is 10.4. The first kappa shape index (κ1) is 20.5. The maximum Gasteiger partial charge on any atom is 0.220 e. The number of aromatic hydroxyl groups is 1. The number of fused-ring (bicyclic) bond motifs is 1. The number of ether oxygens (including phenoxy) is 2. The quantitative estimate of drug-likeness (QED) is 0.765. The summed E-state index contributed by atoms with van der Waals surface area (Å²) >= 11 is 0. The monoisotopic (exact) mass is 401 g/mol. The normalized spacial score (nSPS) is 34.8. The van der Waals surface area contributed by atoms with Crippen LogP contribution in [0.2, 0.25) is 0 Å². The molecule has 0 aromatic heterocycles. The molecule has 5 nitrogen and oxygen atoms in total. The van der Waals surface area contributed by atoms with Crippen molar-refractivity contribution < 1.29 is 19.4 Å². The van der Waals surface area contributed by atoms with Gasteiger partial charge in [0, 0.05) is 19.1 Å². The van der Waals surface area contributed by atoms with Crippen LogP contribution in [-0.2, 0) is 9.53 Å². The van der Waals surface area contributed by atoms with E-state index in [1.807, 2.05) is 12.1 Å². The largest absolute Gasteiger partial charge is 0.504 e. The number of carbonyl (C=O) groups is 1. The van der Waals surface area contributed by atoms with Crippen LogP contribution in [0.15, 0.2) is 18.2 Å². The third-order valence-electron chi connectivity index (χ3n) is 7.94. The van der Waals surface area contributed by atoms with Crippen LogP contribution in [0.3, 0.4) is 0 Å². The summed E-state index contributed by atoms with van der Waals surface area (Å²) in [4.78, 5) is 12.7. The highest BCUT2D eigenvalue weighted by Crippen LogP contribution is 2.70. The van der Waals surface area contributed by atoms with Crippen LogP contribution in [0, 0.1) is 28.6 Å². The van der Waals surface area contributed by atoms with Crippen LogP contribution < -0.4 is 10.1 Å². The van der Waals surface area contributed by atoms with Gasteiger partial charge in [0.05, 0.1) is 13.2 Å². The fourth-order valence-electron chi connectivity index (χ4n) is 6.59.